The number of benzene rings is 1. The van der Waals surface area contributed by atoms with Gasteiger partial charge in [0.1, 0.15) is 23.9 Å². The minimum Gasteiger partial charge on any atom is -0.382 e. The van der Waals surface area contributed by atoms with Crippen LogP contribution in [0.2, 0.25) is 0 Å². The summed E-state index contributed by atoms with van der Waals surface area (Å²) in [5.41, 5.74) is 9.10. The van der Waals surface area contributed by atoms with Gasteiger partial charge in [-0.15, -0.1) is 0 Å². The first-order chi connectivity index (χ1) is 17.2. The second-order valence-electron chi connectivity index (χ2n) is 9.06. The number of aromatic nitrogens is 5. The molecule has 1 aliphatic heterocycles. The van der Waals surface area contributed by atoms with Gasteiger partial charge in [0.05, 0.1) is 11.9 Å². The number of amides is 2. The Balaban J connectivity index is 1.58. The summed E-state index contributed by atoms with van der Waals surface area (Å²) < 4.78 is 28.5. The third kappa shape index (κ3) is 3.84. The molecule has 1 saturated heterocycles. The van der Waals surface area contributed by atoms with Crippen molar-refractivity contribution in [2.24, 2.45) is 0 Å². The largest absolute Gasteiger partial charge is 0.382 e. The molecule has 0 radical (unpaired) electrons. The van der Waals surface area contributed by atoms with Crippen LogP contribution >= 0.6 is 0 Å². The number of carbonyl (C=O) groups is 2. The van der Waals surface area contributed by atoms with Crippen LogP contribution in [-0.4, -0.2) is 66.6 Å². The smallest absolute Gasteiger partial charge is 0.257 e. The maximum Gasteiger partial charge on any atom is 0.257 e. The van der Waals surface area contributed by atoms with Gasteiger partial charge in [-0.1, -0.05) is 12.1 Å². The van der Waals surface area contributed by atoms with Gasteiger partial charge in [0.15, 0.2) is 5.82 Å². The third-order valence-electron chi connectivity index (χ3n) is 6.48. The summed E-state index contributed by atoms with van der Waals surface area (Å²) in [6.45, 7) is 3.70. The number of carbonyl (C=O) groups excluding carboxylic acids is 2. The van der Waals surface area contributed by atoms with E-state index in [1.165, 1.54) is 28.3 Å². The lowest BCUT2D eigenvalue weighted by Gasteiger charge is -2.44. The zero-order valence-corrected chi connectivity index (χ0v) is 19.7. The number of hydrogen-bond donors (Lipinski definition) is 1. The topological polar surface area (TPSA) is 115 Å². The minimum atomic E-state index is -2.53. The molecule has 1 aromatic carbocycles. The molecule has 186 valence electrons. The number of fused-ring (bicyclic) bond motifs is 1. The molecule has 0 unspecified atom stereocenters. The van der Waals surface area contributed by atoms with Gasteiger partial charge >= 0.3 is 0 Å². The molecule has 4 heterocycles. The van der Waals surface area contributed by atoms with Gasteiger partial charge in [-0.2, -0.15) is 10.2 Å². The summed E-state index contributed by atoms with van der Waals surface area (Å²) in [5.74, 6) is 0.0441. The van der Waals surface area contributed by atoms with E-state index in [9.17, 15) is 18.4 Å². The van der Waals surface area contributed by atoms with E-state index in [0.29, 0.717) is 47.5 Å². The third-order valence-corrected chi connectivity index (χ3v) is 6.48. The number of rotatable bonds is 6. The molecule has 4 aromatic rings. The van der Waals surface area contributed by atoms with E-state index in [-0.39, 0.29) is 11.7 Å². The molecule has 2 N–H and O–H groups in total. The highest BCUT2D eigenvalue weighted by atomic mass is 19.3. The molecule has 5 rings (SSSR count). The number of nitrogens with two attached hydrogens (primary N) is 1. The summed E-state index contributed by atoms with van der Waals surface area (Å²) in [6, 6.07) is 9.27. The zero-order chi connectivity index (χ0) is 25.6. The summed E-state index contributed by atoms with van der Waals surface area (Å²) in [5, 5.41) is 8.41. The Morgan fingerprint density at radius 1 is 1.17 bits per heavy atom. The van der Waals surface area contributed by atoms with Crippen LogP contribution in [-0.2, 0) is 16.1 Å². The first kappa shape index (κ1) is 23.4. The van der Waals surface area contributed by atoms with Crippen molar-refractivity contribution in [3.63, 3.8) is 0 Å². The average molecular weight is 495 g/mol. The maximum absolute atomic E-state index is 13.2. The Morgan fingerprint density at radius 2 is 1.97 bits per heavy atom. The number of anilines is 2. The minimum absolute atomic E-state index is 0.184. The van der Waals surface area contributed by atoms with Crippen LogP contribution in [0.3, 0.4) is 0 Å². The molecule has 1 fully saturated rings. The molecule has 36 heavy (non-hydrogen) atoms. The molecule has 1 aliphatic rings. The number of nitrogen functional groups attached to an aromatic ring is 1. The van der Waals surface area contributed by atoms with E-state index < -0.39 is 18.5 Å². The van der Waals surface area contributed by atoms with Crippen molar-refractivity contribution in [2.75, 3.05) is 23.7 Å². The fraction of sp³-hybridized carbons (Fsp3) is 0.292. The highest BCUT2D eigenvalue weighted by molar-refractivity contribution is 6.02. The lowest BCUT2D eigenvalue weighted by molar-refractivity contribution is -0.139. The Bertz CT molecular complexity index is 1460. The first-order valence-electron chi connectivity index (χ1n) is 11.3. The van der Waals surface area contributed by atoms with Crippen LogP contribution in [0.4, 0.5) is 20.3 Å². The average Bonchev–Trinajstić information content (AvgIpc) is 3.46. The van der Waals surface area contributed by atoms with Crippen LogP contribution in [0.1, 0.15) is 13.8 Å². The van der Waals surface area contributed by atoms with Crippen molar-refractivity contribution in [3.05, 3.63) is 49.1 Å². The summed E-state index contributed by atoms with van der Waals surface area (Å²) in [7, 11) is 0. The van der Waals surface area contributed by atoms with Crippen LogP contribution in [0.25, 0.3) is 27.9 Å². The van der Waals surface area contributed by atoms with Crippen LogP contribution in [0.5, 0.6) is 0 Å². The van der Waals surface area contributed by atoms with Gasteiger partial charge in [0, 0.05) is 41.7 Å². The Hall–Kier alpha value is -4.35. The molecule has 2 amide bonds. The molecule has 12 heteroatoms. The molecule has 3 aromatic heterocycles. The van der Waals surface area contributed by atoms with Crippen molar-refractivity contribution < 1.29 is 18.4 Å². The quantitative estimate of drug-likeness (QED) is 0.412. The first-order valence-corrected chi connectivity index (χ1v) is 11.3. The Kier molecular flexibility index (Phi) is 5.65. The van der Waals surface area contributed by atoms with E-state index in [2.05, 4.69) is 15.2 Å². The number of piperazine rings is 1. The van der Waals surface area contributed by atoms with Gasteiger partial charge in [0.25, 0.3) is 12.3 Å². The van der Waals surface area contributed by atoms with Gasteiger partial charge in [-0.05, 0) is 32.0 Å². The number of alkyl halides is 2. The maximum atomic E-state index is 13.2. The molecule has 0 spiro atoms. The summed E-state index contributed by atoms with van der Waals surface area (Å²) >= 11 is 0. The van der Waals surface area contributed by atoms with Crippen LogP contribution < -0.4 is 10.6 Å². The van der Waals surface area contributed by atoms with E-state index in [1.807, 2.05) is 30.3 Å². The molecule has 0 bridgehead atoms. The highest BCUT2D eigenvalue weighted by Gasteiger charge is 2.41. The van der Waals surface area contributed by atoms with Gasteiger partial charge in [-0.3, -0.25) is 14.3 Å². The van der Waals surface area contributed by atoms with Crippen LogP contribution in [0, 0.1) is 0 Å². The molecular weight excluding hydrogens is 470 g/mol. The second kappa shape index (κ2) is 8.70. The van der Waals surface area contributed by atoms with Crippen molar-refractivity contribution in [1.29, 1.82) is 0 Å². The molecule has 0 saturated carbocycles. The highest BCUT2D eigenvalue weighted by Crippen LogP contribution is 2.36. The van der Waals surface area contributed by atoms with Crippen molar-refractivity contribution in [1.82, 2.24) is 29.3 Å². The predicted molar refractivity (Wildman–Crippen MR) is 129 cm³/mol. The Morgan fingerprint density at radius 3 is 2.72 bits per heavy atom. The lowest BCUT2D eigenvalue weighted by Crippen LogP contribution is -2.62. The monoisotopic (exact) mass is 494 g/mol. The number of hydrogen-bond acceptors (Lipinski definition) is 6. The van der Waals surface area contributed by atoms with E-state index in [4.69, 9.17) is 5.73 Å². The molecule has 0 atom stereocenters. The number of halogens is 2. The second-order valence-corrected chi connectivity index (χ2v) is 9.06. The predicted octanol–water partition coefficient (Wildman–Crippen LogP) is 2.69. The number of nitrogens with zero attached hydrogens (tertiary/aromatic N) is 7. The van der Waals surface area contributed by atoms with Crippen LogP contribution in [0.15, 0.2) is 49.1 Å². The molecule has 0 aliphatic carbocycles. The molecular formula is C24H24F2N8O2. The van der Waals surface area contributed by atoms with E-state index in [0.717, 1.165) is 5.56 Å². The standard InChI is InChI=1S/C24H24F2N8O2/c1-24(2)23(36)33(7-6-31(24)14-35)17-5-3-4-15(8-17)19-9-18(21-22(27)28-13-30-34(19)21)16-10-29-32(11-16)12-20(25)26/h3-5,8-11,13-14,20H,6-7,12H2,1-2H3,(H2,27,28,30). The summed E-state index contributed by atoms with van der Waals surface area (Å²) in [4.78, 5) is 31.9. The van der Waals surface area contributed by atoms with Gasteiger partial charge in [-0.25, -0.2) is 18.3 Å². The van der Waals surface area contributed by atoms with E-state index >= 15 is 0 Å². The summed E-state index contributed by atoms with van der Waals surface area (Å²) in [6.07, 6.45) is 2.54. The Labute approximate surface area is 204 Å². The zero-order valence-electron chi connectivity index (χ0n) is 19.7. The van der Waals surface area contributed by atoms with Crippen molar-refractivity contribution in [3.8, 4) is 22.4 Å². The lowest BCUT2D eigenvalue weighted by atomic mass is 9.97. The SMILES string of the molecule is CC1(C)C(=O)N(c2cccc(-c3cc(-c4cnn(CC(F)F)c4)c4c(N)ncnn34)c2)CCN1C=O. The molecule has 10 nitrogen and oxygen atoms in total. The van der Waals surface area contributed by atoms with Crippen molar-refractivity contribution in [2.45, 2.75) is 32.4 Å². The van der Waals surface area contributed by atoms with Crippen molar-refractivity contribution >= 4 is 29.3 Å². The fourth-order valence-corrected chi connectivity index (χ4v) is 4.54. The van der Waals surface area contributed by atoms with E-state index in [1.54, 1.807) is 23.3 Å². The van der Waals surface area contributed by atoms with Gasteiger partial charge < -0.3 is 15.5 Å². The fourth-order valence-electron chi connectivity index (χ4n) is 4.54. The normalized spacial score (nSPS) is 15.8. The van der Waals surface area contributed by atoms with Gasteiger partial charge in [0.2, 0.25) is 6.41 Å².